The van der Waals surface area contributed by atoms with Gasteiger partial charge in [-0.1, -0.05) is 0 Å². The molecule has 2 rings (SSSR count). The summed E-state index contributed by atoms with van der Waals surface area (Å²) in [6.45, 7) is 10.5. The standard InChI is InChI=1S/C22H26N2O5/c1-21(2,3)28-19(26)14-11-15(20(27)29-22(4,5)6)13-17(12-14)24-23-16-7-9-18(25)10-8-16/h7-13,25H,1-6H3/b24-23+. The lowest BCUT2D eigenvalue weighted by molar-refractivity contribution is 0.00676. The van der Waals surface area contributed by atoms with Crippen LogP contribution in [0.25, 0.3) is 0 Å². The van der Waals surface area contributed by atoms with Crippen LogP contribution >= 0.6 is 0 Å². The molecule has 7 nitrogen and oxygen atoms in total. The Labute approximate surface area is 170 Å². The molecule has 29 heavy (non-hydrogen) atoms. The zero-order chi connectivity index (χ0) is 21.8. The topological polar surface area (TPSA) is 97.5 Å². The van der Waals surface area contributed by atoms with Gasteiger partial charge in [0.15, 0.2) is 0 Å². The molecule has 0 atom stereocenters. The predicted molar refractivity (Wildman–Crippen MR) is 109 cm³/mol. The number of rotatable bonds is 4. The summed E-state index contributed by atoms with van der Waals surface area (Å²) in [4.78, 5) is 25.0. The van der Waals surface area contributed by atoms with Crippen molar-refractivity contribution in [2.24, 2.45) is 10.2 Å². The second-order valence-electron chi connectivity index (χ2n) is 8.49. The van der Waals surface area contributed by atoms with Crippen molar-refractivity contribution >= 4 is 23.3 Å². The molecule has 0 bridgehead atoms. The molecule has 7 heteroatoms. The molecule has 2 aromatic carbocycles. The van der Waals surface area contributed by atoms with Crippen molar-refractivity contribution in [1.82, 2.24) is 0 Å². The fourth-order valence-electron chi connectivity index (χ4n) is 2.21. The van der Waals surface area contributed by atoms with Crippen LogP contribution in [0.1, 0.15) is 62.3 Å². The van der Waals surface area contributed by atoms with Crippen LogP contribution in [-0.4, -0.2) is 28.2 Å². The summed E-state index contributed by atoms with van der Waals surface area (Å²) in [7, 11) is 0. The van der Waals surface area contributed by atoms with E-state index in [1.54, 1.807) is 53.7 Å². The van der Waals surface area contributed by atoms with E-state index in [0.29, 0.717) is 11.4 Å². The van der Waals surface area contributed by atoms with Gasteiger partial charge in [0.1, 0.15) is 17.0 Å². The molecular weight excluding hydrogens is 372 g/mol. The maximum Gasteiger partial charge on any atom is 0.338 e. The Bertz CT molecular complexity index is 873. The number of benzene rings is 2. The van der Waals surface area contributed by atoms with Crippen molar-refractivity contribution in [3.8, 4) is 5.75 Å². The van der Waals surface area contributed by atoms with E-state index < -0.39 is 23.1 Å². The summed E-state index contributed by atoms with van der Waals surface area (Å²) in [6, 6.07) is 10.5. The van der Waals surface area contributed by atoms with Gasteiger partial charge in [-0.25, -0.2) is 9.59 Å². The second kappa shape index (κ2) is 8.43. The first-order valence-electron chi connectivity index (χ1n) is 9.15. The maximum absolute atomic E-state index is 12.5. The quantitative estimate of drug-likeness (QED) is 0.525. The van der Waals surface area contributed by atoms with Gasteiger partial charge < -0.3 is 14.6 Å². The van der Waals surface area contributed by atoms with E-state index >= 15 is 0 Å². The normalized spacial score (nSPS) is 12.1. The van der Waals surface area contributed by atoms with Gasteiger partial charge in [0, 0.05) is 0 Å². The molecule has 0 aromatic heterocycles. The largest absolute Gasteiger partial charge is 0.508 e. The van der Waals surface area contributed by atoms with Gasteiger partial charge in [0.05, 0.1) is 22.5 Å². The molecule has 0 fully saturated rings. The number of esters is 2. The molecule has 0 unspecified atom stereocenters. The van der Waals surface area contributed by atoms with Gasteiger partial charge in [-0.05, 0) is 84.0 Å². The molecule has 2 aromatic rings. The highest BCUT2D eigenvalue weighted by Crippen LogP contribution is 2.25. The summed E-state index contributed by atoms with van der Waals surface area (Å²) >= 11 is 0. The Morgan fingerprint density at radius 1 is 0.724 bits per heavy atom. The predicted octanol–water partition coefficient (Wildman–Crippen LogP) is 5.72. The highest BCUT2D eigenvalue weighted by Gasteiger charge is 2.22. The monoisotopic (exact) mass is 398 g/mol. The minimum absolute atomic E-state index is 0.114. The summed E-state index contributed by atoms with van der Waals surface area (Å²) in [5, 5.41) is 17.5. The second-order valence-corrected chi connectivity index (χ2v) is 8.49. The van der Waals surface area contributed by atoms with Crippen molar-refractivity contribution in [3.05, 3.63) is 53.6 Å². The molecule has 154 valence electrons. The van der Waals surface area contributed by atoms with Crippen LogP contribution in [0.2, 0.25) is 0 Å². The number of nitrogens with zero attached hydrogens (tertiary/aromatic N) is 2. The number of carbonyl (C=O) groups excluding carboxylic acids is 2. The number of ether oxygens (including phenoxy) is 2. The summed E-state index contributed by atoms with van der Waals surface area (Å²) in [6.07, 6.45) is 0. The number of aromatic hydroxyl groups is 1. The molecule has 0 aliphatic heterocycles. The Morgan fingerprint density at radius 2 is 1.14 bits per heavy atom. The van der Waals surface area contributed by atoms with Gasteiger partial charge in [-0.2, -0.15) is 10.2 Å². The van der Waals surface area contributed by atoms with Gasteiger partial charge in [-0.3, -0.25) is 0 Å². The summed E-state index contributed by atoms with van der Waals surface area (Å²) in [5.74, 6) is -1.05. The first-order valence-corrected chi connectivity index (χ1v) is 9.15. The van der Waals surface area contributed by atoms with E-state index in [-0.39, 0.29) is 16.9 Å². The van der Waals surface area contributed by atoms with Crippen LogP contribution < -0.4 is 0 Å². The SMILES string of the molecule is CC(C)(C)OC(=O)c1cc(/N=N/c2ccc(O)cc2)cc(C(=O)OC(C)(C)C)c1. The van der Waals surface area contributed by atoms with E-state index in [9.17, 15) is 14.7 Å². The van der Waals surface area contributed by atoms with Crippen LogP contribution in [-0.2, 0) is 9.47 Å². The molecule has 0 aliphatic carbocycles. The van der Waals surface area contributed by atoms with Crippen molar-refractivity contribution < 1.29 is 24.2 Å². The molecule has 0 spiro atoms. The van der Waals surface area contributed by atoms with E-state index in [0.717, 1.165) is 0 Å². The molecule has 1 N–H and O–H groups in total. The van der Waals surface area contributed by atoms with Crippen LogP contribution in [0, 0.1) is 0 Å². The van der Waals surface area contributed by atoms with Gasteiger partial charge in [0.2, 0.25) is 0 Å². The molecule has 0 aliphatic rings. The van der Waals surface area contributed by atoms with Crippen molar-refractivity contribution in [3.63, 3.8) is 0 Å². The number of phenolic OH excluding ortho intramolecular Hbond substituents is 1. The molecule has 0 saturated carbocycles. The minimum Gasteiger partial charge on any atom is -0.508 e. The van der Waals surface area contributed by atoms with E-state index in [2.05, 4.69) is 10.2 Å². The highest BCUT2D eigenvalue weighted by molar-refractivity contribution is 5.97. The average molecular weight is 398 g/mol. The van der Waals surface area contributed by atoms with E-state index in [4.69, 9.17) is 9.47 Å². The number of hydrogen-bond acceptors (Lipinski definition) is 7. The number of azo groups is 1. The summed E-state index contributed by atoms with van der Waals surface area (Å²) in [5.41, 5.74) is -0.239. The summed E-state index contributed by atoms with van der Waals surface area (Å²) < 4.78 is 10.8. The lowest BCUT2D eigenvalue weighted by atomic mass is 10.1. The van der Waals surface area contributed by atoms with Crippen molar-refractivity contribution in [2.45, 2.75) is 52.7 Å². The zero-order valence-corrected chi connectivity index (χ0v) is 17.5. The third kappa shape index (κ3) is 7.37. The van der Waals surface area contributed by atoms with Crippen LogP contribution in [0.4, 0.5) is 11.4 Å². The fraction of sp³-hybridized carbons (Fsp3) is 0.364. The van der Waals surface area contributed by atoms with Gasteiger partial charge >= 0.3 is 11.9 Å². The molecule has 0 radical (unpaired) electrons. The highest BCUT2D eigenvalue weighted by atomic mass is 16.6. The number of phenols is 1. The molecule has 0 heterocycles. The third-order valence-corrected chi connectivity index (χ3v) is 3.32. The Kier molecular flexibility index (Phi) is 6.41. The number of carbonyl (C=O) groups is 2. The van der Waals surface area contributed by atoms with Crippen molar-refractivity contribution in [1.29, 1.82) is 0 Å². The molecule has 0 amide bonds. The first kappa shape index (κ1) is 22.1. The molecule has 0 saturated heterocycles. The van der Waals surface area contributed by atoms with E-state index in [1.165, 1.54) is 30.3 Å². The third-order valence-electron chi connectivity index (χ3n) is 3.32. The lowest BCUT2D eigenvalue weighted by Gasteiger charge is -2.21. The fourth-order valence-corrected chi connectivity index (χ4v) is 2.21. The number of hydrogen-bond donors (Lipinski definition) is 1. The maximum atomic E-state index is 12.5. The van der Waals surface area contributed by atoms with Crippen LogP contribution in [0.5, 0.6) is 5.75 Å². The van der Waals surface area contributed by atoms with Gasteiger partial charge in [-0.15, -0.1) is 0 Å². The van der Waals surface area contributed by atoms with E-state index in [1.807, 2.05) is 0 Å². The van der Waals surface area contributed by atoms with Gasteiger partial charge in [0.25, 0.3) is 0 Å². The van der Waals surface area contributed by atoms with Crippen LogP contribution in [0.3, 0.4) is 0 Å². The Morgan fingerprint density at radius 3 is 1.55 bits per heavy atom. The van der Waals surface area contributed by atoms with Crippen molar-refractivity contribution in [2.75, 3.05) is 0 Å². The minimum atomic E-state index is -0.688. The lowest BCUT2D eigenvalue weighted by Crippen LogP contribution is -2.25. The Hall–Kier alpha value is -3.22. The average Bonchev–Trinajstić information content (AvgIpc) is 2.58. The van der Waals surface area contributed by atoms with Crippen LogP contribution in [0.15, 0.2) is 52.7 Å². The first-order chi connectivity index (χ1) is 13.3. The Balaban J connectivity index is 2.41. The zero-order valence-electron chi connectivity index (χ0n) is 17.5. The smallest absolute Gasteiger partial charge is 0.338 e. The molecular formula is C22H26N2O5.